The van der Waals surface area contributed by atoms with E-state index >= 15 is 0 Å². The number of ether oxygens (including phenoxy) is 1. The van der Waals surface area contributed by atoms with E-state index in [0.29, 0.717) is 5.82 Å². The lowest BCUT2D eigenvalue weighted by Gasteiger charge is -2.44. The summed E-state index contributed by atoms with van der Waals surface area (Å²) in [4.78, 5) is 15.0. The van der Waals surface area contributed by atoms with E-state index in [9.17, 15) is 9.90 Å². The van der Waals surface area contributed by atoms with E-state index in [4.69, 9.17) is 20.9 Å². The third-order valence-electron chi connectivity index (χ3n) is 5.80. The van der Waals surface area contributed by atoms with Crippen molar-refractivity contribution in [3.63, 3.8) is 0 Å². The van der Waals surface area contributed by atoms with Gasteiger partial charge in [-0.15, -0.1) is 0 Å². The summed E-state index contributed by atoms with van der Waals surface area (Å²) >= 11 is 6.30. The van der Waals surface area contributed by atoms with Crippen LogP contribution in [0.2, 0.25) is 5.02 Å². The molecule has 0 bridgehead atoms. The minimum absolute atomic E-state index is 0.181. The Balaban J connectivity index is 1.46. The Morgan fingerprint density at radius 1 is 1.28 bits per heavy atom. The van der Waals surface area contributed by atoms with E-state index in [1.54, 1.807) is 6.07 Å². The van der Waals surface area contributed by atoms with Crippen molar-refractivity contribution >= 4 is 29.4 Å². The number of piperidine rings is 1. The van der Waals surface area contributed by atoms with Crippen LogP contribution in [0.25, 0.3) is 0 Å². The minimum Gasteiger partial charge on any atom is -0.487 e. The molecule has 2 aliphatic rings. The molecule has 29 heavy (non-hydrogen) atoms. The van der Waals surface area contributed by atoms with Gasteiger partial charge in [-0.25, -0.2) is 9.69 Å². The Bertz CT molecular complexity index is 913. The molecule has 1 N–H and O–H groups in total. The highest BCUT2D eigenvalue weighted by Crippen LogP contribution is 2.42. The molecule has 0 atom stereocenters. The highest BCUT2D eigenvalue weighted by Gasteiger charge is 2.41. The van der Waals surface area contributed by atoms with Crippen molar-refractivity contribution in [2.75, 3.05) is 22.9 Å². The number of rotatable bonds is 2. The zero-order valence-corrected chi connectivity index (χ0v) is 17.7. The Morgan fingerprint density at radius 3 is 2.66 bits per heavy atom. The van der Waals surface area contributed by atoms with Crippen LogP contribution in [0.4, 0.5) is 16.5 Å². The van der Waals surface area contributed by atoms with Gasteiger partial charge >= 0.3 is 6.09 Å². The number of aromatic nitrogens is 1. The number of nitrogens with zero attached hydrogens (tertiary/aromatic N) is 3. The maximum Gasteiger partial charge on any atom is 0.414 e. The molecular formula is C21H26ClN3O4. The smallest absolute Gasteiger partial charge is 0.414 e. The van der Waals surface area contributed by atoms with Crippen molar-refractivity contribution < 1.29 is 19.2 Å². The van der Waals surface area contributed by atoms with Crippen molar-refractivity contribution in [1.29, 1.82) is 0 Å². The average Bonchev–Trinajstić information content (AvgIpc) is 3.10. The summed E-state index contributed by atoms with van der Waals surface area (Å²) in [6.45, 7) is 6.99. The zero-order chi connectivity index (χ0) is 20.8. The van der Waals surface area contributed by atoms with E-state index < -0.39 is 11.6 Å². The number of halogens is 1. The lowest BCUT2D eigenvalue weighted by Crippen LogP contribution is -2.50. The molecule has 1 spiro atoms. The molecule has 3 heterocycles. The van der Waals surface area contributed by atoms with Gasteiger partial charge in [-0.1, -0.05) is 22.8 Å². The number of amides is 1. The number of anilines is 2. The van der Waals surface area contributed by atoms with Crippen molar-refractivity contribution in [3.05, 3.63) is 34.9 Å². The molecule has 2 aromatic rings. The zero-order valence-electron chi connectivity index (χ0n) is 16.9. The highest BCUT2D eigenvalue weighted by molar-refractivity contribution is 6.31. The van der Waals surface area contributed by atoms with Gasteiger partial charge < -0.3 is 19.3 Å². The first-order valence-electron chi connectivity index (χ1n) is 9.90. The van der Waals surface area contributed by atoms with E-state index in [-0.39, 0.29) is 11.5 Å². The van der Waals surface area contributed by atoms with Gasteiger partial charge in [-0.3, -0.25) is 0 Å². The fourth-order valence-electron chi connectivity index (χ4n) is 4.23. The second-order valence-corrected chi connectivity index (χ2v) is 9.21. The molecular weight excluding hydrogens is 394 g/mol. The molecule has 2 aliphatic heterocycles. The number of carbonyl (C=O) groups is 1. The summed E-state index contributed by atoms with van der Waals surface area (Å²) < 4.78 is 11.8. The fraction of sp³-hybridized carbons (Fsp3) is 0.524. The van der Waals surface area contributed by atoms with Crippen LogP contribution < -0.4 is 14.5 Å². The van der Waals surface area contributed by atoms with Crippen LogP contribution in [0.15, 0.2) is 28.8 Å². The van der Waals surface area contributed by atoms with Crippen LogP contribution in [0, 0.1) is 0 Å². The van der Waals surface area contributed by atoms with Crippen LogP contribution in [0.5, 0.6) is 5.75 Å². The highest BCUT2D eigenvalue weighted by atomic mass is 35.5. The quantitative estimate of drug-likeness (QED) is 0.739. The number of fused-ring (bicyclic) bond motifs is 1. The second-order valence-electron chi connectivity index (χ2n) is 8.80. The molecule has 1 amide bonds. The molecule has 8 heteroatoms. The summed E-state index contributed by atoms with van der Waals surface area (Å²) in [5.41, 5.74) is 0.289. The van der Waals surface area contributed by atoms with E-state index in [2.05, 4.69) is 10.1 Å². The van der Waals surface area contributed by atoms with Crippen molar-refractivity contribution in [2.24, 2.45) is 0 Å². The van der Waals surface area contributed by atoms with Crippen LogP contribution in [-0.2, 0) is 6.42 Å². The van der Waals surface area contributed by atoms with Gasteiger partial charge in [-0.05, 0) is 45.7 Å². The van der Waals surface area contributed by atoms with Crippen molar-refractivity contribution in [3.8, 4) is 5.75 Å². The van der Waals surface area contributed by atoms with Gasteiger partial charge in [0.1, 0.15) is 11.4 Å². The molecule has 1 fully saturated rings. The van der Waals surface area contributed by atoms with Gasteiger partial charge in [0.15, 0.2) is 5.82 Å². The molecule has 0 saturated carbocycles. The fourth-order valence-corrected chi connectivity index (χ4v) is 4.49. The van der Waals surface area contributed by atoms with Crippen LogP contribution >= 0.6 is 11.6 Å². The van der Waals surface area contributed by atoms with Crippen molar-refractivity contribution in [1.82, 2.24) is 5.16 Å². The Morgan fingerprint density at radius 2 is 2.00 bits per heavy atom. The van der Waals surface area contributed by atoms with Gasteiger partial charge in [0, 0.05) is 48.1 Å². The van der Waals surface area contributed by atoms with Crippen molar-refractivity contribution in [2.45, 2.75) is 57.6 Å². The molecule has 0 unspecified atom stereocenters. The Hall–Kier alpha value is -2.41. The monoisotopic (exact) mass is 419 g/mol. The molecule has 7 nitrogen and oxygen atoms in total. The first kappa shape index (κ1) is 19.9. The molecule has 1 saturated heterocycles. The summed E-state index contributed by atoms with van der Waals surface area (Å²) in [7, 11) is 0. The number of benzene rings is 1. The number of carboxylic acid groups (broad SMARTS) is 1. The number of hydrogen-bond donors (Lipinski definition) is 1. The summed E-state index contributed by atoms with van der Waals surface area (Å²) in [5, 5.41) is 14.4. The Labute approximate surface area is 175 Å². The summed E-state index contributed by atoms with van der Waals surface area (Å²) in [6, 6.07) is 7.53. The molecule has 0 radical (unpaired) electrons. The van der Waals surface area contributed by atoms with Gasteiger partial charge in [0.2, 0.25) is 5.88 Å². The lowest BCUT2D eigenvalue weighted by molar-refractivity contribution is 0.0224. The summed E-state index contributed by atoms with van der Waals surface area (Å²) in [6.07, 6.45) is 2.53. The minimum atomic E-state index is -1.06. The summed E-state index contributed by atoms with van der Waals surface area (Å²) in [5.74, 6) is 1.78. The molecule has 4 rings (SSSR count). The van der Waals surface area contributed by atoms with E-state index in [0.717, 1.165) is 55.1 Å². The molecule has 0 aliphatic carbocycles. The normalized spacial score (nSPS) is 18.3. The van der Waals surface area contributed by atoms with Gasteiger partial charge in [0.25, 0.3) is 0 Å². The average molecular weight is 420 g/mol. The molecule has 1 aromatic heterocycles. The van der Waals surface area contributed by atoms with E-state index in [1.165, 1.54) is 4.90 Å². The first-order valence-corrected chi connectivity index (χ1v) is 10.3. The predicted octanol–water partition coefficient (Wildman–Crippen LogP) is 4.98. The van der Waals surface area contributed by atoms with Gasteiger partial charge in [0.05, 0.1) is 0 Å². The standard InChI is InChI=1S/C21H26ClN3O4/c1-20(2,3)25(19(26)27)18-13-17(23-29-18)24-11-9-21(10-12-24)8-7-14-15(22)5-4-6-16(14)28-21/h4-6,13H,7-12H2,1-3H3,(H,26,27). The molecule has 1 aromatic carbocycles. The van der Waals surface area contributed by atoms with E-state index in [1.807, 2.05) is 39.0 Å². The predicted molar refractivity (Wildman–Crippen MR) is 111 cm³/mol. The van der Waals surface area contributed by atoms with Crippen LogP contribution in [-0.4, -0.2) is 40.6 Å². The number of hydrogen-bond acceptors (Lipinski definition) is 5. The maximum absolute atomic E-state index is 11.7. The first-order chi connectivity index (χ1) is 13.7. The Kier molecular flexibility index (Phi) is 4.89. The molecule has 156 valence electrons. The second kappa shape index (κ2) is 7.13. The van der Waals surface area contributed by atoms with Crippen LogP contribution in [0.1, 0.15) is 45.6 Å². The third-order valence-corrected chi connectivity index (χ3v) is 6.15. The van der Waals surface area contributed by atoms with Gasteiger partial charge in [-0.2, -0.15) is 0 Å². The maximum atomic E-state index is 11.7. The lowest BCUT2D eigenvalue weighted by atomic mass is 9.83. The SMILES string of the molecule is CC(C)(C)N(C(=O)O)c1cc(N2CCC3(CCc4c(Cl)cccc4O3)CC2)no1. The van der Waals surface area contributed by atoms with Crippen LogP contribution in [0.3, 0.4) is 0 Å². The third kappa shape index (κ3) is 3.75. The largest absolute Gasteiger partial charge is 0.487 e. The topological polar surface area (TPSA) is 79.0 Å².